The summed E-state index contributed by atoms with van der Waals surface area (Å²) in [6.07, 6.45) is 0.174. The molecule has 0 aromatic heterocycles. The van der Waals surface area contributed by atoms with Gasteiger partial charge in [0.15, 0.2) is 18.1 Å². The Morgan fingerprint density at radius 2 is 0.600 bits per heavy atom. The molecule has 6 saturated heterocycles. The van der Waals surface area contributed by atoms with Crippen LogP contribution >= 0.6 is 33.2 Å². The van der Waals surface area contributed by atoms with Crippen LogP contribution in [0.3, 0.4) is 0 Å². The monoisotopic (exact) mass is 2120 g/mol. The summed E-state index contributed by atoms with van der Waals surface area (Å²) in [5.41, 5.74) is 2.99. The third kappa shape index (κ3) is 25.0. The van der Waals surface area contributed by atoms with Gasteiger partial charge >= 0.3 is 210 Å². The van der Waals surface area contributed by atoms with Gasteiger partial charge in [-0.3, -0.25) is 0 Å². The van der Waals surface area contributed by atoms with Crippen molar-refractivity contribution in [1.82, 2.24) is 0 Å². The van der Waals surface area contributed by atoms with E-state index in [9.17, 15) is 14.4 Å². The SMILES string of the molecule is C=C[Si](Cl)(Cl)Cl.C=C[Si]12O[SiH](c3ccccc3)O[Si]3(c4ccccc4)O[Si]4(c5ccccc5)O[SiH](C)CO[Si](c5ccccc5)(O1)O[Si](c1ccccc1)(O4)O[Si](c1ccccc1)(O2)O3.COC.COC.C[SiH]1CO[Si](O)(c2ccccc2)O[Si]2(c3ccccc3)O[Si](O)(c3ccccc3)O[Si](O[SiH](O)c3ccccc3)(c3ccccc3)O[Si](c3ccccc3)(O1)O2.[2HH].[H-].[H-].[H-].[Na+].[Na+].[Na+]. The number of hydrogen-bond acceptors (Lipinski definition) is 24. The number of methoxy groups -OCH3 is 2. The first kappa shape index (κ1) is 107. The van der Waals surface area contributed by atoms with E-state index in [0.717, 1.165) is 5.19 Å². The molecule has 15 unspecified atom stereocenters. The van der Waals surface area contributed by atoms with Crippen molar-refractivity contribution in [3.8, 4) is 0 Å². The van der Waals surface area contributed by atoms with Crippen LogP contribution < -0.4 is 151 Å². The zero-order valence-corrected chi connectivity index (χ0v) is 97.9. The molecule has 0 aliphatic carbocycles. The predicted molar refractivity (Wildman–Crippen MR) is 529 cm³/mol. The van der Waals surface area contributed by atoms with Crippen LogP contribution in [0, 0.1) is 0 Å². The fraction of sp³-hybridized carbons (Fsp3) is 0.0952. The molecule has 12 aromatic rings. The molecule has 46 heteroatoms. The van der Waals surface area contributed by atoms with Crippen molar-refractivity contribution >= 4 is 235 Å². The number of ether oxygens (including phenoxy) is 2. The van der Waals surface area contributed by atoms with E-state index in [1.165, 1.54) is 5.70 Å². The Morgan fingerprint density at radius 3 is 0.977 bits per heavy atom. The van der Waals surface area contributed by atoms with Crippen molar-refractivity contribution in [2.75, 3.05) is 40.9 Å². The Bertz CT molecular complexity index is 5540. The van der Waals surface area contributed by atoms with Crippen LogP contribution in [-0.2, 0) is 88.3 Å². The van der Waals surface area contributed by atoms with Gasteiger partial charge in [0, 0.05) is 81.7 Å². The summed E-state index contributed by atoms with van der Waals surface area (Å²) in [6, 6.07) is 110. The van der Waals surface area contributed by atoms with E-state index in [4.69, 9.17) is 112 Å². The van der Waals surface area contributed by atoms with E-state index in [1.54, 1.807) is 131 Å². The zero-order chi connectivity index (χ0) is 89.3. The van der Waals surface area contributed by atoms with Crippen molar-refractivity contribution in [2.24, 2.45) is 0 Å². The number of halogens is 3. The van der Waals surface area contributed by atoms with E-state index in [1.807, 2.05) is 273 Å². The fourth-order valence-electron chi connectivity index (χ4n) is 14.1. The molecule has 0 saturated carbocycles. The molecule has 3 N–H and O–H groups in total. The van der Waals surface area contributed by atoms with Gasteiger partial charge in [-0.1, -0.05) is 370 Å². The quantitative estimate of drug-likeness (QED) is 0.0644. The van der Waals surface area contributed by atoms with Gasteiger partial charge in [-0.2, -0.15) is 0 Å². The first-order valence-electron chi connectivity index (χ1n) is 40.4. The number of fused-ring (bicyclic) bond motifs is 6. The Morgan fingerprint density at radius 1 is 0.338 bits per heavy atom. The summed E-state index contributed by atoms with van der Waals surface area (Å²) in [4.78, 5) is 38.2. The molecule has 0 radical (unpaired) electrons. The Hall–Kier alpha value is -3.50. The second-order valence-corrected chi connectivity index (χ2v) is 78.1. The third-order valence-electron chi connectivity index (χ3n) is 19.7. The van der Waals surface area contributed by atoms with Gasteiger partial charge in [-0.15, -0.1) is 46.4 Å². The smallest absolute Gasteiger partial charge is 1.00 e. The largest absolute Gasteiger partial charge is 1.00 e. The van der Waals surface area contributed by atoms with Crippen LogP contribution in [0.25, 0.3) is 0 Å². The Labute approximate surface area is 864 Å². The summed E-state index contributed by atoms with van der Waals surface area (Å²) >= 11 is 15.8. The van der Waals surface area contributed by atoms with Crippen LogP contribution in [0.4, 0.5) is 0 Å². The fourth-order valence-corrected chi connectivity index (χ4v) is 82.2. The van der Waals surface area contributed by atoms with Crippen molar-refractivity contribution in [3.63, 3.8) is 0 Å². The third-order valence-corrected chi connectivity index (χ3v) is 75.6. The molecule has 6 fully saturated rings. The van der Waals surface area contributed by atoms with Crippen LogP contribution in [-0.4, -0.2) is 195 Å². The molecule has 8 bridgehead atoms. The van der Waals surface area contributed by atoms with Crippen LogP contribution in [0.5, 0.6) is 0 Å². The molecule has 0 amide bonds. The van der Waals surface area contributed by atoms with Crippen molar-refractivity contribution < 1.29 is 197 Å². The average molecular weight is 2120 g/mol. The average Bonchev–Trinajstić information content (AvgIpc) is 1.04. The standard InChI is InChI=1S/C40H40O11Si8.C38H40O11Si7.C2H3Cl3Si.2C2H6O.3Na.H2.3H/c1-3-54-43-53(35-22-10-4-11-23-35)44-57(38-28-16-7-17-29-38)48-56(37-26-14-6-15-27-37)42-52(2)34-41-55(45-54,36-24-12-5-13-25-36)47-59(49-56,40-32-20-9-21-33-40)51-58(46-54,50-57)39-30-18-8-19-31-39;1-50-32-42-52(40,34-22-10-3-11-23-34)45-56(38-30-18-7-19-31-38)47-53(41,35-24-12-4-13-25-35)46-55(37-28-16-6-17-29-37,44-51(39)33-20-8-2-9-21-33)48-54(43-50,49-56)36-26-14-5-15-27-36;1-2-6(3,4)5;2*1-3-2;;;;;;;/h3-33,52-53H,1,34H2,2H3;2-31,39-41,50-51H,32H2,1H3;2H,1H2;2*1-2H3;;;;1H;;;/q;;;;;3*+1;;3*-1/i;;;;;;;;1+1;;;. The summed E-state index contributed by atoms with van der Waals surface area (Å²) in [5.74, 6) is 0. The van der Waals surface area contributed by atoms with Crippen molar-refractivity contribution in [1.29, 1.82) is 0 Å². The molecule has 130 heavy (non-hydrogen) atoms. The maximum atomic E-state index is 13.4. The van der Waals surface area contributed by atoms with Crippen molar-refractivity contribution in [3.05, 3.63) is 389 Å². The number of hydrogen-bond donors (Lipinski definition) is 3. The van der Waals surface area contributed by atoms with Gasteiger partial charge in [-0.05, 0) is 29.2 Å². The molecule has 12 aromatic carbocycles. The number of benzene rings is 12. The summed E-state index contributed by atoms with van der Waals surface area (Å²) in [6.45, 7) is 11.6. The molecular formula is C84H100Cl3Na3O24Si16. The van der Waals surface area contributed by atoms with E-state index < -0.39 is 140 Å². The van der Waals surface area contributed by atoms with Crippen molar-refractivity contribution in [2.45, 2.75) is 13.1 Å². The molecule has 0 spiro atoms. The minimum absolute atomic E-state index is 0. The van der Waals surface area contributed by atoms with Gasteiger partial charge in [0.05, 0.1) is 12.5 Å². The van der Waals surface area contributed by atoms with Gasteiger partial charge < -0.3 is 107 Å². The van der Waals surface area contributed by atoms with Gasteiger partial charge in [0.25, 0.3) is 0 Å². The first-order chi connectivity index (χ1) is 61.4. The minimum atomic E-state index is -4.92. The van der Waals surface area contributed by atoms with E-state index in [0.29, 0.717) is 51.9 Å². The molecule has 15 atom stereocenters. The molecular weight excluding hydrogens is 2020 g/mol. The second kappa shape index (κ2) is 47.9. The summed E-state index contributed by atoms with van der Waals surface area (Å²) < 4.78 is 150. The predicted octanol–water partition coefficient (Wildman–Crippen LogP) is -3.00. The normalized spacial score (nSPS) is 29.3. The van der Waals surface area contributed by atoms with E-state index in [2.05, 4.69) is 29.2 Å². The molecule has 6 aliphatic heterocycles. The van der Waals surface area contributed by atoms with Gasteiger partial charge in [-0.25, -0.2) is 0 Å². The Kier molecular flexibility index (Phi) is 39.4. The van der Waals surface area contributed by atoms with Crippen LogP contribution in [0.15, 0.2) is 389 Å². The molecule has 668 valence electrons. The molecule has 6 aliphatic rings. The minimum Gasteiger partial charge on any atom is -1.00 e. The summed E-state index contributed by atoms with van der Waals surface area (Å²) in [7, 11) is -54.8. The Balaban J connectivity index is 0.000000312. The second-order valence-electron chi connectivity index (χ2n) is 29.2. The van der Waals surface area contributed by atoms with Crippen LogP contribution in [0.2, 0.25) is 13.1 Å². The maximum absolute atomic E-state index is 13.4. The first-order valence-corrected chi connectivity index (χ1v) is 72.6. The molecule has 6 heterocycles. The topological polar surface area (TPSA) is 255 Å². The van der Waals surface area contributed by atoms with Gasteiger partial charge in [0.1, 0.15) is 0 Å². The molecule has 18 rings (SSSR count). The number of rotatable bonds is 16. The van der Waals surface area contributed by atoms with E-state index in [-0.39, 0.29) is 112 Å². The summed E-state index contributed by atoms with van der Waals surface area (Å²) in [5, 5.41) is 6.68. The van der Waals surface area contributed by atoms with Crippen LogP contribution in [0.1, 0.15) is 5.71 Å². The zero-order valence-electron chi connectivity index (χ0n) is 76.0. The van der Waals surface area contributed by atoms with Gasteiger partial charge in [0.2, 0.25) is 0 Å². The maximum Gasteiger partial charge on any atom is 1.00 e. The molecule has 24 nitrogen and oxygen atoms in total. The van der Waals surface area contributed by atoms with E-state index >= 15 is 0 Å².